The van der Waals surface area contributed by atoms with Crippen LogP contribution in [0.3, 0.4) is 0 Å². The molecule has 0 amide bonds. The van der Waals surface area contributed by atoms with Gasteiger partial charge in [-0.15, -0.1) is 0 Å². The molecule has 0 spiro atoms. The van der Waals surface area contributed by atoms with Gasteiger partial charge in [0.15, 0.2) is 5.82 Å². The zero-order valence-corrected chi connectivity index (χ0v) is 12.1. The molecular weight excluding hydrogens is 250 g/mol. The van der Waals surface area contributed by atoms with E-state index in [1.165, 1.54) is 5.56 Å². The van der Waals surface area contributed by atoms with Crippen LogP contribution in [-0.2, 0) is 13.0 Å². The SMILES string of the molecule is Cc1nccc(-c2nc3c(c(C(C)C)n2)CCNC3)n1. The van der Waals surface area contributed by atoms with E-state index in [2.05, 4.69) is 29.1 Å². The molecule has 0 unspecified atom stereocenters. The molecule has 3 heterocycles. The first-order valence-electron chi connectivity index (χ1n) is 7.05. The highest BCUT2D eigenvalue weighted by molar-refractivity contribution is 5.50. The Balaban J connectivity index is 2.15. The van der Waals surface area contributed by atoms with E-state index >= 15 is 0 Å². The summed E-state index contributed by atoms with van der Waals surface area (Å²) in [6, 6.07) is 1.87. The molecule has 5 heteroatoms. The van der Waals surface area contributed by atoms with Gasteiger partial charge < -0.3 is 5.32 Å². The summed E-state index contributed by atoms with van der Waals surface area (Å²) in [5.41, 5.74) is 4.38. The summed E-state index contributed by atoms with van der Waals surface area (Å²) in [6.45, 7) is 8.06. The molecule has 0 saturated carbocycles. The highest BCUT2D eigenvalue weighted by Crippen LogP contribution is 2.25. The van der Waals surface area contributed by atoms with Gasteiger partial charge in [0.25, 0.3) is 0 Å². The number of aromatic nitrogens is 4. The van der Waals surface area contributed by atoms with Gasteiger partial charge in [0.1, 0.15) is 11.5 Å². The Morgan fingerprint density at radius 3 is 2.80 bits per heavy atom. The van der Waals surface area contributed by atoms with Crippen molar-refractivity contribution in [3.8, 4) is 11.5 Å². The molecule has 3 rings (SSSR count). The number of fused-ring (bicyclic) bond motifs is 1. The van der Waals surface area contributed by atoms with Crippen LogP contribution in [0.25, 0.3) is 11.5 Å². The maximum atomic E-state index is 4.77. The maximum Gasteiger partial charge on any atom is 0.178 e. The molecule has 0 atom stereocenters. The monoisotopic (exact) mass is 269 g/mol. The van der Waals surface area contributed by atoms with Crippen molar-refractivity contribution in [3.63, 3.8) is 0 Å². The molecule has 104 valence electrons. The Kier molecular flexibility index (Phi) is 3.44. The summed E-state index contributed by atoms with van der Waals surface area (Å²) >= 11 is 0. The van der Waals surface area contributed by atoms with Gasteiger partial charge in [-0.3, -0.25) is 0 Å². The van der Waals surface area contributed by atoms with Crippen LogP contribution in [0.1, 0.15) is 42.5 Å². The summed E-state index contributed by atoms with van der Waals surface area (Å²) in [5, 5.41) is 3.37. The lowest BCUT2D eigenvalue weighted by Gasteiger charge is -2.21. The van der Waals surface area contributed by atoms with Crippen LogP contribution in [0.2, 0.25) is 0 Å². The fourth-order valence-electron chi connectivity index (χ4n) is 2.56. The van der Waals surface area contributed by atoms with E-state index < -0.39 is 0 Å². The number of nitrogens with one attached hydrogen (secondary N) is 1. The minimum absolute atomic E-state index is 0.395. The predicted molar refractivity (Wildman–Crippen MR) is 77.3 cm³/mol. The van der Waals surface area contributed by atoms with Crippen LogP contribution in [0, 0.1) is 6.92 Å². The molecule has 20 heavy (non-hydrogen) atoms. The number of aryl methyl sites for hydroxylation is 1. The Hall–Kier alpha value is -1.88. The van der Waals surface area contributed by atoms with E-state index in [0.29, 0.717) is 11.7 Å². The summed E-state index contributed by atoms with van der Waals surface area (Å²) in [4.78, 5) is 18.0. The molecule has 0 fully saturated rings. The van der Waals surface area contributed by atoms with Crippen molar-refractivity contribution in [2.45, 2.75) is 39.7 Å². The topological polar surface area (TPSA) is 63.6 Å². The zero-order valence-electron chi connectivity index (χ0n) is 12.1. The normalized spacial score (nSPS) is 14.4. The van der Waals surface area contributed by atoms with E-state index in [0.717, 1.165) is 42.4 Å². The molecule has 0 aromatic carbocycles. The molecule has 5 nitrogen and oxygen atoms in total. The Morgan fingerprint density at radius 2 is 2.05 bits per heavy atom. The predicted octanol–water partition coefficient (Wildman–Crippen LogP) is 2.01. The average Bonchev–Trinajstić information content (AvgIpc) is 2.46. The second-order valence-electron chi connectivity index (χ2n) is 5.43. The fourth-order valence-corrected chi connectivity index (χ4v) is 2.56. The molecule has 1 N–H and O–H groups in total. The van der Waals surface area contributed by atoms with Gasteiger partial charge in [-0.25, -0.2) is 19.9 Å². The van der Waals surface area contributed by atoms with E-state index in [-0.39, 0.29) is 0 Å². The minimum Gasteiger partial charge on any atom is -0.311 e. The fraction of sp³-hybridized carbons (Fsp3) is 0.467. The van der Waals surface area contributed by atoms with Crippen LogP contribution in [0.4, 0.5) is 0 Å². The summed E-state index contributed by atoms with van der Waals surface area (Å²) < 4.78 is 0. The Morgan fingerprint density at radius 1 is 1.20 bits per heavy atom. The zero-order chi connectivity index (χ0) is 14.1. The van der Waals surface area contributed by atoms with Crippen molar-refractivity contribution in [1.29, 1.82) is 0 Å². The van der Waals surface area contributed by atoms with Gasteiger partial charge >= 0.3 is 0 Å². The van der Waals surface area contributed by atoms with Crippen LogP contribution in [-0.4, -0.2) is 26.5 Å². The van der Waals surface area contributed by atoms with Gasteiger partial charge in [0.05, 0.1) is 11.4 Å². The van der Waals surface area contributed by atoms with E-state index in [4.69, 9.17) is 9.97 Å². The summed E-state index contributed by atoms with van der Waals surface area (Å²) in [5.74, 6) is 1.85. The van der Waals surface area contributed by atoms with E-state index in [1.807, 2.05) is 13.0 Å². The van der Waals surface area contributed by atoms with Crippen LogP contribution >= 0.6 is 0 Å². The van der Waals surface area contributed by atoms with Gasteiger partial charge in [-0.1, -0.05) is 13.8 Å². The first-order valence-corrected chi connectivity index (χ1v) is 7.05. The Labute approximate surface area is 118 Å². The van der Waals surface area contributed by atoms with Crippen LogP contribution in [0.5, 0.6) is 0 Å². The second kappa shape index (κ2) is 5.25. The average molecular weight is 269 g/mol. The second-order valence-corrected chi connectivity index (χ2v) is 5.43. The van der Waals surface area contributed by atoms with Gasteiger partial charge in [-0.2, -0.15) is 0 Å². The van der Waals surface area contributed by atoms with Crippen molar-refractivity contribution in [3.05, 3.63) is 35.0 Å². The smallest absolute Gasteiger partial charge is 0.178 e. The van der Waals surface area contributed by atoms with E-state index in [1.54, 1.807) is 6.20 Å². The summed E-state index contributed by atoms with van der Waals surface area (Å²) in [7, 11) is 0. The molecule has 0 radical (unpaired) electrons. The van der Waals surface area contributed by atoms with Crippen LogP contribution in [0.15, 0.2) is 12.3 Å². The highest BCUT2D eigenvalue weighted by atomic mass is 15.0. The highest BCUT2D eigenvalue weighted by Gasteiger charge is 2.20. The third-order valence-electron chi connectivity index (χ3n) is 3.52. The van der Waals surface area contributed by atoms with Gasteiger partial charge in [0.2, 0.25) is 0 Å². The molecule has 0 bridgehead atoms. The quantitative estimate of drug-likeness (QED) is 0.903. The molecular formula is C15H19N5. The summed E-state index contributed by atoms with van der Waals surface area (Å²) in [6.07, 6.45) is 2.76. The Bertz CT molecular complexity index is 636. The number of rotatable bonds is 2. The lowest BCUT2D eigenvalue weighted by molar-refractivity contribution is 0.609. The van der Waals surface area contributed by atoms with Crippen LogP contribution < -0.4 is 5.32 Å². The first-order chi connectivity index (χ1) is 9.65. The van der Waals surface area contributed by atoms with Gasteiger partial charge in [0, 0.05) is 12.7 Å². The molecule has 2 aromatic rings. The standard InChI is InChI=1S/C15H19N5/c1-9(2)14-11-4-6-16-8-13(11)19-15(20-14)12-5-7-17-10(3)18-12/h5,7,9,16H,4,6,8H2,1-3H3. The molecule has 2 aromatic heterocycles. The maximum absolute atomic E-state index is 4.77. The van der Waals surface area contributed by atoms with Crippen molar-refractivity contribution in [1.82, 2.24) is 25.3 Å². The largest absolute Gasteiger partial charge is 0.311 e. The number of hydrogen-bond donors (Lipinski definition) is 1. The van der Waals surface area contributed by atoms with Gasteiger partial charge in [-0.05, 0) is 37.4 Å². The molecule has 1 aliphatic rings. The van der Waals surface area contributed by atoms with Crippen molar-refractivity contribution >= 4 is 0 Å². The molecule has 0 aliphatic carbocycles. The van der Waals surface area contributed by atoms with E-state index in [9.17, 15) is 0 Å². The third kappa shape index (κ3) is 2.41. The first kappa shape index (κ1) is 13.1. The third-order valence-corrected chi connectivity index (χ3v) is 3.52. The molecule has 1 aliphatic heterocycles. The van der Waals surface area contributed by atoms with Crippen molar-refractivity contribution < 1.29 is 0 Å². The minimum atomic E-state index is 0.395. The van der Waals surface area contributed by atoms with Crippen molar-refractivity contribution in [2.75, 3.05) is 6.54 Å². The number of hydrogen-bond acceptors (Lipinski definition) is 5. The lowest BCUT2D eigenvalue weighted by Crippen LogP contribution is -2.27. The van der Waals surface area contributed by atoms with Crippen molar-refractivity contribution in [2.24, 2.45) is 0 Å². The lowest BCUT2D eigenvalue weighted by atomic mass is 9.97. The number of nitrogens with zero attached hydrogens (tertiary/aromatic N) is 4. The molecule has 0 saturated heterocycles.